The highest BCUT2D eigenvalue weighted by Crippen LogP contribution is 2.48. The Hall–Kier alpha value is -5.99. The number of hydrogen-bond donors (Lipinski definition) is 0. The lowest BCUT2D eigenvalue weighted by Crippen LogP contribution is -2.28. The van der Waals surface area contributed by atoms with Crippen molar-refractivity contribution < 1.29 is 0 Å². The molecule has 9 rings (SSSR count). The number of hydrogen-bond acceptors (Lipinski definition) is 2. The Morgan fingerprint density at radius 2 is 1.09 bits per heavy atom. The fraction of sp³-hybridized carbons (Fsp3) is 0.0444. The summed E-state index contributed by atoms with van der Waals surface area (Å²) in [7, 11) is 0. The summed E-state index contributed by atoms with van der Waals surface area (Å²) in [6, 6.07) is 50.9. The van der Waals surface area contributed by atoms with Crippen LogP contribution in [-0.4, -0.2) is 11.0 Å². The Kier molecular flexibility index (Phi) is 6.64. The predicted octanol–water partition coefficient (Wildman–Crippen LogP) is 11.6. The third-order valence-electron chi connectivity index (χ3n) is 9.66. The maximum absolute atomic E-state index is 4.42. The molecule has 0 fully saturated rings. The number of anilines is 2. The van der Waals surface area contributed by atoms with Gasteiger partial charge >= 0.3 is 0 Å². The Labute approximate surface area is 275 Å². The third kappa shape index (κ3) is 4.69. The molecular formula is C45H32N2. The van der Waals surface area contributed by atoms with Crippen LogP contribution in [0.1, 0.15) is 22.7 Å². The van der Waals surface area contributed by atoms with Crippen molar-refractivity contribution in [2.24, 2.45) is 0 Å². The average molecular weight is 601 g/mol. The van der Waals surface area contributed by atoms with Gasteiger partial charge in [-0.15, -0.1) is 0 Å². The number of para-hydroxylation sites is 1. The molecule has 0 saturated carbocycles. The van der Waals surface area contributed by atoms with Crippen molar-refractivity contribution >= 4 is 45.1 Å². The number of rotatable bonds is 5. The topological polar surface area (TPSA) is 16.1 Å². The van der Waals surface area contributed by atoms with E-state index >= 15 is 0 Å². The van der Waals surface area contributed by atoms with Crippen molar-refractivity contribution in [1.29, 1.82) is 0 Å². The average Bonchev–Trinajstić information content (AvgIpc) is 3.48. The smallest absolute Gasteiger partial charge is 0.0629 e. The molecule has 6 aromatic carbocycles. The lowest BCUT2D eigenvalue weighted by atomic mass is 9.86. The largest absolute Gasteiger partial charge is 0.333 e. The van der Waals surface area contributed by atoms with Crippen LogP contribution in [-0.2, 0) is 0 Å². The summed E-state index contributed by atoms with van der Waals surface area (Å²) in [5, 5.41) is 5.05. The van der Waals surface area contributed by atoms with Gasteiger partial charge in [-0.1, -0.05) is 140 Å². The molecular weight excluding hydrogens is 569 g/mol. The molecule has 47 heavy (non-hydrogen) atoms. The summed E-state index contributed by atoms with van der Waals surface area (Å²) >= 11 is 0. The minimum atomic E-state index is 0.293. The summed E-state index contributed by atoms with van der Waals surface area (Å²) in [4.78, 5) is 6.91. The van der Waals surface area contributed by atoms with Crippen LogP contribution in [0.2, 0.25) is 0 Å². The van der Waals surface area contributed by atoms with Crippen molar-refractivity contribution in [3.63, 3.8) is 0 Å². The first-order chi connectivity index (χ1) is 23.3. The zero-order valence-electron chi connectivity index (χ0n) is 25.9. The maximum atomic E-state index is 4.42. The highest BCUT2D eigenvalue weighted by atomic mass is 15.2. The van der Waals surface area contributed by atoms with Crippen LogP contribution in [0.25, 0.3) is 56.0 Å². The molecule has 0 bridgehead atoms. The van der Waals surface area contributed by atoms with Crippen LogP contribution < -0.4 is 4.90 Å². The van der Waals surface area contributed by atoms with E-state index in [0.29, 0.717) is 12.0 Å². The van der Waals surface area contributed by atoms with Crippen LogP contribution >= 0.6 is 0 Å². The van der Waals surface area contributed by atoms with Gasteiger partial charge in [0.05, 0.1) is 11.7 Å². The molecule has 0 saturated heterocycles. The van der Waals surface area contributed by atoms with E-state index in [-0.39, 0.29) is 0 Å². The fourth-order valence-corrected chi connectivity index (χ4v) is 7.55. The normalized spacial score (nSPS) is 16.6. The molecule has 0 N–H and O–H groups in total. The molecule has 2 nitrogen and oxygen atoms in total. The monoisotopic (exact) mass is 600 g/mol. The van der Waals surface area contributed by atoms with Crippen molar-refractivity contribution in [2.75, 3.05) is 4.90 Å². The molecule has 2 unspecified atom stereocenters. The van der Waals surface area contributed by atoms with Gasteiger partial charge in [0.15, 0.2) is 0 Å². The zero-order valence-corrected chi connectivity index (χ0v) is 25.9. The van der Waals surface area contributed by atoms with Gasteiger partial charge in [-0.05, 0) is 91.3 Å². The molecule has 2 heteroatoms. The van der Waals surface area contributed by atoms with E-state index in [2.05, 4.69) is 168 Å². The van der Waals surface area contributed by atoms with E-state index in [1.54, 1.807) is 0 Å². The number of allylic oxidation sites excluding steroid dienone is 2. The van der Waals surface area contributed by atoms with Crippen LogP contribution in [0.5, 0.6) is 0 Å². The summed E-state index contributed by atoms with van der Waals surface area (Å²) in [5.41, 5.74) is 11.0. The molecule has 1 aromatic heterocycles. The number of pyridine rings is 1. The maximum Gasteiger partial charge on any atom is 0.0629 e. The van der Waals surface area contributed by atoms with E-state index in [0.717, 1.165) is 11.3 Å². The Bertz CT molecular complexity index is 2290. The van der Waals surface area contributed by atoms with Gasteiger partial charge in [-0.3, -0.25) is 4.98 Å². The number of fused-ring (bicyclic) bond motifs is 5. The van der Waals surface area contributed by atoms with Gasteiger partial charge in [0.25, 0.3) is 0 Å². The van der Waals surface area contributed by atoms with Crippen LogP contribution in [0.4, 0.5) is 11.4 Å². The first-order valence-corrected chi connectivity index (χ1v) is 16.3. The molecule has 0 amide bonds. The molecule has 0 radical (unpaired) electrons. The Morgan fingerprint density at radius 1 is 0.511 bits per heavy atom. The Morgan fingerprint density at radius 3 is 1.72 bits per heavy atom. The highest BCUT2D eigenvalue weighted by Gasteiger charge is 2.36. The van der Waals surface area contributed by atoms with Crippen LogP contribution in [0.15, 0.2) is 170 Å². The van der Waals surface area contributed by atoms with Gasteiger partial charge < -0.3 is 4.90 Å². The standard InChI is InChI=1S/C45H32N2/c1-3-16-40-38(14-1)44(32-23-20-31(21-24-32)22-27-34-11-9-10-30-46-34)39-15-2-4-17-41(39)45(40)33-25-28-35(29-26-33)47-42-18-7-5-12-36(42)37-13-6-8-19-43(37)47/h1-30,36,42H/b27-22+. The number of nitrogens with zero attached hydrogens (tertiary/aromatic N) is 2. The summed E-state index contributed by atoms with van der Waals surface area (Å²) in [5.74, 6) is 0.377. The van der Waals surface area contributed by atoms with Gasteiger partial charge in [0.2, 0.25) is 0 Å². The molecule has 1 aliphatic heterocycles. The summed E-state index contributed by atoms with van der Waals surface area (Å²) < 4.78 is 0. The van der Waals surface area contributed by atoms with Crippen molar-refractivity contribution in [3.05, 3.63) is 187 Å². The van der Waals surface area contributed by atoms with E-state index in [9.17, 15) is 0 Å². The minimum absolute atomic E-state index is 0.293. The van der Waals surface area contributed by atoms with E-state index in [4.69, 9.17) is 0 Å². The molecule has 222 valence electrons. The minimum Gasteiger partial charge on any atom is -0.333 e. The van der Waals surface area contributed by atoms with Gasteiger partial charge in [-0.25, -0.2) is 0 Å². The summed E-state index contributed by atoms with van der Waals surface area (Å²) in [6.07, 6.45) is 15.0. The molecule has 7 aromatic rings. The molecule has 0 spiro atoms. The molecule has 2 heterocycles. The first-order valence-electron chi connectivity index (χ1n) is 16.3. The van der Waals surface area contributed by atoms with E-state index in [1.807, 2.05) is 24.4 Å². The SMILES string of the molecule is C1=CC2c3ccccc3N(c3ccc(-c4c5ccccc5c(-c5ccc(/C=C/c6ccccn6)cc5)c5ccccc45)cc3)C2C=C1. The fourth-order valence-electron chi connectivity index (χ4n) is 7.55. The summed E-state index contributed by atoms with van der Waals surface area (Å²) in [6.45, 7) is 0. The van der Waals surface area contributed by atoms with Gasteiger partial charge in [0.1, 0.15) is 0 Å². The molecule has 2 atom stereocenters. The second kappa shape index (κ2) is 11.4. The third-order valence-corrected chi connectivity index (χ3v) is 9.66. The second-order valence-electron chi connectivity index (χ2n) is 12.3. The van der Waals surface area contributed by atoms with E-state index < -0.39 is 0 Å². The van der Waals surface area contributed by atoms with Crippen LogP contribution in [0, 0.1) is 0 Å². The van der Waals surface area contributed by atoms with Crippen molar-refractivity contribution in [3.8, 4) is 22.3 Å². The number of benzene rings is 6. The highest BCUT2D eigenvalue weighted by molar-refractivity contribution is 6.21. The van der Waals surface area contributed by atoms with Gasteiger partial charge in [0, 0.05) is 23.5 Å². The first kappa shape index (κ1) is 27.3. The molecule has 2 aliphatic rings. The quantitative estimate of drug-likeness (QED) is 0.183. The van der Waals surface area contributed by atoms with Crippen molar-refractivity contribution in [2.45, 2.75) is 12.0 Å². The second-order valence-corrected chi connectivity index (χ2v) is 12.3. The lowest BCUT2D eigenvalue weighted by Gasteiger charge is -2.29. The van der Waals surface area contributed by atoms with Crippen LogP contribution in [0.3, 0.4) is 0 Å². The predicted molar refractivity (Wildman–Crippen MR) is 199 cm³/mol. The van der Waals surface area contributed by atoms with Gasteiger partial charge in [-0.2, -0.15) is 0 Å². The molecule has 1 aliphatic carbocycles. The zero-order chi connectivity index (χ0) is 31.2. The Balaban J connectivity index is 1.14. The lowest BCUT2D eigenvalue weighted by molar-refractivity contribution is 0.745. The number of aromatic nitrogens is 1. The van der Waals surface area contributed by atoms with E-state index in [1.165, 1.54) is 60.7 Å². The van der Waals surface area contributed by atoms with Crippen molar-refractivity contribution in [1.82, 2.24) is 4.98 Å².